The maximum absolute atomic E-state index is 12.8. The van der Waals surface area contributed by atoms with Gasteiger partial charge in [-0.1, -0.05) is 58.5 Å². The van der Waals surface area contributed by atoms with Crippen LogP contribution in [-0.4, -0.2) is 16.2 Å². The van der Waals surface area contributed by atoms with Crippen molar-refractivity contribution in [1.29, 1.82) is 0 Å². The Kier molecular flexibility index (Phi) is 6.92. The van der Waals surface area contributed by atoms with Gasteiger partial charge in [-0.2, -0.15) is 5.10 Å². The Morgan fingerprint density at radius 2 is 1.59 bits per heavy atom. The van der Waals surface area contributed by atoms with Crippen molar-refractivity contribution in [3.05, 3.63) is 104 Å². The molecule has 0 aliphatic carbocycles. The Bertz CT molecular complexity index is 1240. The van der Waals surface area contributed by atoms with E-state index in [2.05, 4.69) is 20.8 Å². The third kappa shape index (κ3) is 5.19. The summed E-state index contributed by atoms with van der Waals surface area (Å²) >= 11 is 24.9. The third-order valence-corrected chi connectivity index (χ3v) is 5.90. The van der Waals surface area contributed by atoms with E-state index in [-0.39, 0.29) is 0 Å². The fourth-order valence-corrected chi connectivity index (χ4v) is 4.11. The molecular formula is C23H16Cl4N4O. The molecule has 1 atom stereocenters. The van der Waals surface area contributed by atoms with Crippen molar-refractivity contribution in [2.45, 2.75) is 6.04 Å². The van der Waals surface area contributed by atoms with E-state index >= 15 is 0 Å². The van der Waals surface area contributed by atoms with Gasteiger partial charge in [-0.05, 0) is 65.7 Å². The second-order valence-corrected chi connectivity index (χ2v) is 8.60. The average molecular weight is 506 g/mol. The van der Waals surface area contributed by atoms with Crippen LogP contribution in [0.25, 0.3) is 11.1 Å². The summed E-state index contributed by atoms with van der Waals surface area (Å²) < 4.78 is 0. The minimum Gasteiger partial charge on any atom is -0.325 e. The first-order valence-corrected chi connectivity index (χ1v) is 11.0. The van der Waals surface area contributed by atoms with Gasteiger partial charge in [-0.25, -0.2) is 4.79 Å². The number of H-pyrrole nitrogens is 1. The van der Waals surface area contributed by atoms with Gasteiger partial charge in [0.15, 0.2) is 0 Å². The molecule has 0 aliphatic heterocycles. The lowest BCUT2D eigenvalue weighted by Gasteiger charge is -2.21. The molecule has 4 rings (SSSR count). The van der Waals surface area contributed by atoms with Gasteiger partial charge in [-0.15, -0.1) is 0 Å². The standard InChI is InChI=1S/C23H16Cl4N4O/c24-14-2-5-16(6-3-14)29-23(32)30-22(21-9-10-28-31-21)18-11-13(1-8-19(18)26)17-7-4-15(25)12-20(17)27/h1-12,22H,(H,28,31)(H2,29,30,32). The van der Waals surface area contributed by atoms with Gasteiger partial charge in [0.05, 0.1) is 11.7 Å². The lowest BCUT2D eigenvalue weighted by molar-refractivity contribution is 0.250. The number of aromatic amines is 1. The summed E-state index contributed by atoms with van der Waals surface area (Å²) in [4.78, 5) is 12.8. The molecule has 5 nitrogen and oxygen atoms in total. The van der Waals surface area contributed by atoms with Crippen molar-refractivity contribution in [2.75, 3.05) is 5.32 Å². The minimum absolute atomic E-state index is 0.419. The predicted octanol–water partition coefficient (Wildman–Crippen LogP) is 7.60. The van der Waals surface area contributed by atoms with Gasteiger partial charge >= 0.3 is 6.03 Å². The van der Waals surface area contributed by atoms with Gasteiger partial charge in [0.25, 0.3) is 0 Å². The molecule has 0 bridgehead atoms. The Balaban J connectivity index is 1.67. The number of halogens is 4. The number of carbonyl (C=O) groups excluding carboxylic acids is 1. The van der Waals surface area contributed by atoms with Crippen molar-refractivity contribution in [3.63, 3.8) is 0 Å². The first-order chi connectivity index (χ1) is 15.4. The molecule has 0 radical (unpaired) electrons. The zero-order valence-corrected chi connectivity index (χ0v) is 19.4. The second kappa shape index (κ2) is 9.84. The summed E-state index contributed by atoms with van der Waals surface area (Å²) in [5.41, 5.74) is 3.56. The molecule has 0 fully saturated rings. The first kappa shape index (κ1) is 22.5. The van der Waals surface area contributed by atoms with Crippen LogP contribution in [0.15, 0.2) is 72.9 Å². The highest BCUT2D eigenvalue weighted by Crippen LogP contribution is 2.35. The molecule has 1 heterocycles. The Morgan fingerprint density at radius 3 is 2.28 bits per heavy atom. The molecule has 3 aromatic carbocycles. The number of aromatic nitrogens is 2. The minimum atomic E-state index is -0.594. The molecule has 1 unspecified atom stereocenters. The molecule has 4 aromatic rings. The third-order valence-electron chi connectivity index (χ3n) is 4.76. The van der Waals surface area contributed by atoms with Crippen molar-refractivity contribution >= 4 is 58.1 Å². The molecule has 0 saturated heterocycles. The Morgan fingerprint density at radius 1 is 0.844 bits per heavy atom. The van der Waals surface area contributed by atoms with E-state index in [4.69, 9.17) is 46.4 Å². The number of nitrogens with zero attached hydrogens (tertiary/aromatic N) is 1. The molecule has 2 amide bonds. The highest BCUT2D eigenvalue weighted by molar-refractivity contribution is 6.36. The molecular weight excluding hydrogens is 490 g/mol. The molecule has 162 valence electrons. The lowest BCUT2D eigenvalue weighted by atomic mass is 9.97. The number of hydrogen-bond donors (Lipinski definition) is 3. The van der Waals surface area contributed by atoms with E-state index in [1.54, 1.807) is 54.7 Å². The maximum Gasteiger partial charge on any atom is 0.320 e. The summed E-state index contributed by atoms with van der Waals surface area (Å²) in [6.07, 6.45) is 1.61. The summed E-state index contributed by atoms with van der Waals surface area (Å²) in [7, 11) is 0. The van der Waals surface area contributed by atoms with E-state index < -0.39 is 12.1 Å². The molecule has 32 heavy (non-hydrogen) atoms. The van der Waals surface area contributed by atoms with Crippen LogP contribution in [0.4, 0.5) is 10.5 Å². The number of benzene rings is 3. The van der Waals surface area contributed by atoms with E-state index in [0.29, 0.717) is 37.0 Å². The van der Waals surface area contributed by atoms with Crippen molar-refractivity contribution < 1.29 is 4.79 Å². The number of rotatable bonds is 5. The maximum atomic E-state index is 12.8. The normalized spacial score (nSPS) is 11.8. The smallest absolute Gasteiger partial charge is 0.320 e. The van der Waals surface area contributed by atoms with E-state index in [1.165, 1.54) is 0 Å². The Labute approximate surface area is 204 Å². The highest BCUT2D eigenvalue weighted by atomic mass is 35.5. The van der Waals surface area contributed by atoms with Crippen LogP contribution in [0.2, 0.25) is 20.1 Å². The fourth-order valence-electron chi connectivity index (χ4n) is 3.24. The Hall–Kier alpha value is -2.70. The summed E-state index contributed by atoms with van der Waals surface area (Å²) in [5.74, 6) is 0. The van der Waals surface area contributed by atoms with Gasteiger partial charge in [0.1, 0.15) is 0 Å². The quantitative estimate of drug-likeness (QED) is 0.261. The van der Waals surface area contributed by atoms with Gasteiger partial charge in [0, 0.05) is 37.5 Å². The van der Waals surface area contributed by atoms with E-state index in [9.17, 15) is 4.79 Å². The predicted molar refractivity (Wildman–Crippen MR) is 131 cm³/mol. The molecule has 9 heteroatoms. The fraction of sp³-hybridized carbons (Fsp3) is 0.0435. The van der Waals surface area contributed by atoms with Crippen LogP contribution >= 0.6 is 46.4 Å². The number of amides is 2. The van der Waals surface area contributed by atoms with Crippen LogP contribution in [0.3, 0.4) is 0 Å². The number of anilines is 1. The van der Waals surface area contributed by atoms with Crippen molar-refractivity contribution in [1.82, 2.24) is 15.5 Å². The van der Waals surface area contributed by atoms with Gasteiger partial charge in [0.2, 0.25) is 0 Å². The van der Waals surface area contributed by atoms with Crippen LogP contribution in [-0.2, 0) is 0 Å². The van der Waals surface area contributed by atoms with E-state index in [0.717, 1.165) is 11.1 Å². The van der Waals surface area contributed by atoms with Crippen LogP contribution in [0.5, 0.6) is 0 Å². The number of hydrogen-bond acceptors (Lipinski definition) is 2. The molecule has 3 N–H and O–H groups in total. The van der Waals surface area contributed by atoms with E-state index in [1.807, 2.05) is 18.2 Å². The zero-order valence-electron chi connectivity index (χ0n) is 16.4. The second-order valence-electron chi connectivity index (χ2n) is 6.91. The number of nitrogens with one attached hydrogen (secondary N) is 3. The van der Waals surface area contributed by atoms with Crippen LogP contribution in [0, 0.1) is 0 Å². The molecule has 0 spiro atoms. The number of carbonyl (C=O) groups is 1. The topological polar surface area (TPSA) is 69.8 Å². The monoisotopic (exact) mass is 504 g/mol. The summed E-state index contributed by atoms with van der Waals surface area (Å²) in [6.45, 7) is 0. The van der Waals surface area contributed by atoms with Crippen molar-refractivity contribution in [3.8, 4) is 11.1 Å². The van der Waals surface area contributed by atoms with Gasteiger partial charge in [-0.3, -0.25) is 5.10 Å². The largest absolute Gasteiger partial charge is 0.325 e. The summed E-state index contributed by atoms with van der Waals surface area (Å²) in [5, 5.41) is 14.8. The van der Waals surface area contributed by atoms with Crippen molar-refractivity contribution in [2.24, 2.45) is 0 Å². The zero-order chi connectivity index (χ0) is 22.7. The molecule has 0 saturated carbocycles. The first-order valence-electron chi connectivity index (χ1n) is 9.48. The van der Waals surface area contributed by atoms with Gasteiger partial charge < -0.3 is 10.6 Å². The highest BCUT2D eigenvalue weighted by Gasteiger charge is 2.22. The summed E-state index contributed by atoms with van der Waals surface area (Å²) in [6, 6.07) is 18.4. The molecule has 1 aromatic heterocycles. The lowest BCUT2D eigenvalue weighted by Crippen LogP contribution is -2.33. The molecule has 0 aliphatic rings. The number of urea groups is 1. The van der Waals surface area contributed by atoms with Crippen LogP contribution in [0.1, 0.15) is 17.3 Å². The average Bonchev–Trinajstić information content (AvgIpc) is 3.29. The van der Waals surface area contributed by atoms with Crippen LogP contribution < -0.4 is 10.6 Å². The SMILES string of the molecule is O=C(Nc1ccc(Cl)cc1)NC(c1ccn[nH]1)c1cc(-c2ccc(Cl)cc2Cl)ccc1Cl.